The van der Waals surface area contributed by atoms with Gasteiger partial charge in [0.05, 0.1) is 7.11 Å². The highest BCUT2D eigenvalue weighted by Crippen LogP contribution is 2.18. The molecule has 15 heavy (non-hydrogen) atoms. The fourth-order valence-electron chi connectivity index (χ4n) is 2.00. The summed E-state index contributed by atoms with van der Waals surface area (Å²) in [7, 11) is 1.47. The van der Waals surface area contributed by atoms with Crippen molar-refractivity contribution in [1.29, 1.82) is 0 Å². The third kappa shape index (κ3) is 3.67. The fraction of sp³-hybridized carbons (Fsp3) is 0.750. The van der Waals surface area contributed by atoms with E-state index in [1.165, 1.54) is 19.1 Å². The van der Waals surface area contributed by atoms with Gasteiger partial charge in [0.15, 0.2) is 0 Å². The molecule has 0 aliphatic carbocycles. The molecule has 1 aliphatic rings. The summed E-state index contributed by atoms with van der Waals surface area (Å²) in [5.41, 5.74) is 1.17. The molecule has 3 heteroatoms. The van der Waals surface area contributed by atoms with Gasteiger partial charge in [0.25, 0.3) is 0 Å². The second-order valence-electron chi connectivity index (χ2n) is 4.28. The van der Waals surface area contributed by atoms with Crippen LogP contribution in [0, 0.1) is 0 Å². The second-order valence-corrected chi connectivity index (χ2v) is 4.28. The summed E-state index contributed by atoms with van der Waals surface area (Å²) < 4.78 is 4.82. The molecular weight excluding hydrogens is 190 g/mol. The second kappa shape index (κ2) is 5.91. The van der Waals surface area contributed by atoms with E-state index in [1.54, 1.807) is 0 Å². The highest BCUT2D eigenvalue weighted by Gasteiger charge is 2.28. The van der Waals surface area contributed by atoms with Gasteiger partial charge in [0.1, 0.15) is 6.04 Å². The number of carbonyl (C=O) groups is 1. The van der Waals surface area contributed by atoms with E-state index >= 15 is 0 Å². The Hall–Kier alpha value is -0.830. The molecule has 0 aromatic carbocycles. The van der Waals surface area contributed by atoms with E-state index in [2.05, 4.69) is 11.5 Å². The van der Waals surface area contributed by atoms with Gasteiger partial charge < -0.3 is 4.74 Å². The van der Waals surface area contributed by atoms with Gasteiger partial charge in [0, 0.05) is 6.54 Å². The van der Waals surface area contributed by atoms with Crippen molar-refractivity contribution < 1.29 is 9.53 Å². The van der Waals surface area contributed by atoms with Gasteiger partial charge in [-0.05, 0) is 32.7 Å². The number of piperidine rings is 1. The third-order valence-electron chi connectivity index (χ3n) is 2.91. The molecule has 1 aliphatic heterocycles. The maximum atomic E-state index is 11.5. The van der Waals surface area contributed by atoms with E-state index in [4.69, 9.17) is 4.74 Å². The van der Waals surface area contributed by atoms with Gasteiger partial charge in [-0.25, -0.2) is 0 Å². The monoisotopic (exact) mass is 211 g/mol. The van der Waals surface area contributed by atoms with Gasteiger partial charge in [-0.2, -0.15) is 0 Å². The molecule has 0 saturated carbocycles. The minimum Gasteiger partial charge on any atom is -0.468 e. The van der Waals surface area contributed by atoms with Crippen molar-refractivity contribution in [2.45, 2.75) is 38.6 Å². The lowest BCUT2D eigenvalue weighted by Gasteiger charge is -2.33. The molecule has 1 rings (SSSR count). The quantitative estimate of drug-likeness (QED) is 0.526. The van der Waals surface area contributed by atoms with E-state index in [1.807, 2.05) is 6.92 Å². The SMILES string of the molecule is C=C(C)CCN1CCCC[C@@H]1C(=O)OC. The van der Waals surface area contributed by atoms with E-state index < -0.39 is 0 Å². The van der Waals surface area contributed by atoms with Crippen molar-refractivity contribution in [1.82, 2.24) is 4.90 Å². The van der Waals surface area contributed by atoms with Crippen molar-refractivity contribution in [2.24, 2.45) is 0 Å². The molecule has 1 heterocycles. The van der Waals surface area contributed by atoms with Gasteiger partial charge in [0.2, 0.25) is 0 Å². The average molecular weight is 211 g/mol. The van der Waals surface area contributed by atoms with Crippen LogP contribution in [0.15, 0.2) is 12.2 Å². The Balaban J connectivity index is 2.49. The topological polar surface area (TPSA) is 29.5 Å². The standard InChI is InChI=1S/C12H21NO2/c1-10(2)7-9-13-8-5-4-6-11(13)12(14)15-3/h11H,1,4-9H2,2-3H3/t11-/m1/s1. The molecule has 1 fully saturated rings. The average Bonchev–Trinajstić information content (AvgIpc) is 2.25. The highest BCUT2D eigenvalue weighted by molar-refractivity contribution is 5.75. The van der Waals surface area contributed by atoms with Crippen LogP contribution < -0.4 is 0 Å². The molecule has 0 bridgehead atoms. The molecule has 0 aromatic heterocycles. The van der Waals surface area contributed by atoms with Crippen LogP contribution >= 0.6 is 0 Å². The minimum absolute atomic E-state index is 0.0249. The van der Waals surface area contributed by atoms with E-state index in [0.29, 0.717) is 0 Å². The number of hydrogen-bond donors (Lipinski definition) is 0. The Morgan fingerprint density at radius 3 is 2.87 bits per heavy atom. The molecule has 3 nitrogen and oxygen atoms in total. The van der Waals surface area contributed by atoms with Gasteiger partial charge in [-0.3, -0.25) is 9.69 Å². The van der Waals surface area contributed by atoms with Crippen LogP contribution in [-0.4, -0.2) is 37.1 Å². The summed E-state index contributed by atoms with van der Waals surface area (Å²) in [5, 5.41) is 0. The highest BCUT2D eigenvalue weighted by atomic mass is 16.5. The van der Waals surface area contributed by atoms with Crippen LogP contribution in [0.3, 0.4) is 0 Å². The van der Waals surface area contributed by atoms with Crippen LogP contribution in [0.2, 0.25) is 0 Å². The van der Waals surface area contributed by atoms with Crippen molar-refractivity contribution >= 4 is 5.97 Å². The summed E-state index contributed by atoms with van der Waals surface area (Å²) in [6, 6.07) is -0.0249. The molecule has 1 atom stereocenters. The van der Waals surface area contributed by atoms with Crippen molar-refractivity contribution in [3.8, 4) is 0 Å². The van der Waals surface area contributed by atoms with Crippen molar-refractivity contribution in [3.05, 3.63) is 12.2 Å². The maximum Gasteiger partial charge on any atom is 0.323 e. The van der Waals surface area contributed by atoms with Gasteiger partial charge in [-0.15, -0.1) is 6.58 Å². The molecule has 0 N–H and O–H groups in total. The Morgan fingerprint density at radius 2 is 2.27 bits per heavy atom. The van der Waals surface area contributed by atoms with Gasteiger partial charge >= 0.3 is 5.97 Å². The number of hydrogen-bond acceptors (Lipinski definition) is 3. The minimum atomic E-state index is -0.0867. The fourth-order valence-corrected chi connectivity index (χ4v) is 2.00. The Labute approximate surface area is 92.1 Å². The molecule has 0 spiro atoms. The van der Waals surface area contributed by atoms with E-state index in [-0.39, 0.29) is 12.0 Å². The summed E-state index contributed by atoms with van der Waals surface area (Å²) >= 11 is 0. The first-order valence-electron chi connectivity index (χ1n) is 5.61. The molecule has 1 saturated heterocycles. The van der Waals surface area contributed by atoms with Crippen molar-refractivity contribution in [2.75, 3.05) is 20.2 Å². The predicted molar refractivity (Wildman–Crippen MR) is 60.7 cm³/mol. The number of rotatable bonds is 4. The van der Waals surface area contributed by atoms with E-state index in [9.17, 15) is 4.79 Å². The zero-order valence-electron chi connectivity index (χ0n) is 9.79. The number of nitrogens with zero attached hydrogens (tertiary/aromatic N) is 1. The number of esters is 1. The Bertz CT molecular complexity index is 238. The maximum absolute atomic E-state index is 11.5. The number of likely N-dealkylation sites (tertiary alicyclic amines) is 1. The van der Waals surface area contributed by atoms with Crippen molar-refractivity contribution in [3.63, 3.8) is 0 Å². The summed E-state index contributed by atoms with van der Waals surface area (Å²) in [6.45, 7) is 7.84. The van der Waals surface area contributed by atoms with Crippen LogP contribution in [0.1, 0.15) is 32.6 Å². The first kappa shape index (κ1) is 12.2. The third-order valence-corrected chi connectivity index (χ3v) is 2.91. The lowest BCUT2D eigenvalue weighted by molar-refractivity contribution is -0.148. The molecule has 0 aromatic rings. The smallest absolute Gasteiger partial charge is 0.323 e. The molecule has 86 valence electrons. The number of methoxy groups -OCH3 is 1. The van der Waals surface area contributed by atoms with Gasteiger partial charge in [-0.1, -0.05) is 12.0 Å². The molecule has 0 unspecified atom stereocenters. The van der Waals surface area contributed by atoms with E-state index in [0.717, 1.165) is 32.4 Å². The number of carbonyl (C=O) groups excluding carboxylic acids is 1. The first-order valence-corrected chi connectivity index (χ1v) is 5.61. The summed E-state index contributed by atoms with van der Waals surface area (Å²) in [6.07, 6.45) is 4.21. The zero-order chi connectivity index (χ0) is 11.3. The van der Waals surface area contributed by atoms with Crippen LogP contribution in [0.25, 0.3) is 0 Å². The zero-order valence-corrected chi connectivity index (χ0v) is 9.79. The molecule has 0 radical (unpaired) electrons. The lowest BCUT2D eigenvalue weighted by atomic mass is 10.0. The lowest BCUT2D eigenvalue weighted by Crippen LogP contribution is -2.45. The summed E-state index contributed by atoms with van der Waals surface area (Å²) in [5.74, 6) is -0.0867. The Kier molecular flexibility index (Phi) is 4.82. The Morgan fingerprint density at radius 1 is 1.53 bits per heavy atom. The van der Waals surface area contributed by atoms with Crippen LogP contribution in [-0.2, 0) is 9.53 Å². The molecule has 0 amide bonds. The normalized spacial score (nSPS) is 22.4. The molecular formula is C12H21NO2. The predicted octanol–water partition coefficient (Wildman–Crippen LogP) is 1.98. The number of ether oxygens (including phenoxy) is 1. The summed E-state index contributed by atoms with van der Waals surface area (Å²) in [4.78, 5) is 13.8. The first-order chi connectivity index (χ1) is 7.15. The largest absolute Gasteiger partial charge is 0.468 e. The van der Waals surface area contributed by atoms with Crippen LogP contribution in [0.5, 0.6) is 0 Å². The van der Waals surface area contributed by atoms with Crippen LogP contribution in [0.4, 0.5) is 0 Å².